The Morgan fingerprint density at radius 1 is 1.06 bits per heavy atom. The number of fused-ring (bicyclic) bond motifs is 1. The van der Waals surface area contributed by atoms with Gasteiger partial charge in [0, 0.05) is 49.4 Å². The van der Waals surface area contributed by atoms with Crippen molar-refractivity contribution in [1.82, 2.24) is 4.90 Å². The third-order valence-electron chi connectivity index (χ3n) is 7.93. The lowest BCUT2D eigenvalue weighted by Crippen LogP contribution is -2.51. The minimum atomic E-state index is -4.77. The summed E-state index contributed by atoms with van der Waals surface area (Å²) in [6.45, 7) is 0.260. The van der Waals surface area contributed by atoms with Gasteiger partial charge in [-0.05, 0) is 91.3 Å². The van der Waals surface area contributed by atoms with Crippen LogP contribution in [0.4, 0.5) is 18.9 Å². The van der Waals surface area contributed by atoms with Crippen molar-refractivity contribution in [2.45, 2.75) is 68.4 Å². The average molecular weight is 651 g/mol. The standard InChI is InChI=1S/C26H24Cl2F3IN2O2/c27-14-1-6-19(21(28)9-14)25(36)23-20(26(29,30)31)10-15(32)11-22(23)33(24(25)35)12-13-7-18(8-13)34(16-2-3-16)17-4-5-17/h1,6,9-11,13,16-18,36H,2-5,7-8,12H2. The van der Waals surface area contributed by atoms with Gasteiger partial charge >= 0.3 is 6.18 Å². The Labute approximate surface area is 230 Å². The van der Waals surface area contributed by atoms with Gasteiger partial charge < -0.3 is 10.0 Å². The van der Waals surface area contributed by atoms with Crippen molar-refractivity contribution >= 4 is 57.4 Å². The van der Waals surface area contributed by atoms with Crippen LogP contribution >= 0.6 is 45.8 Å². The number of anilines is 1. The van der Waals surface area contributed by atoms with Crippen molar-refractivity contribution in [3.8, 4) is 0 Å². The van der Waals surface area contributed by atoms with Crippen molar-refractivity contribution in [3.63, 3.8) is 0 Å². The zero-order valence-corrected chi connectivity index (χ0v) is 22.8. The lowest BCUT2D eigenvalue weighted by atomic mass is 9.78. The highest BCUT2D eigenvalue weighted by Gasteiger charge is 2.57. The fraction of sp³-hybridized carbons (Fsp3) is 0.500. The molecule has 1 heterocycles. The first-order valence-electron chi connectivity index (χ1n) is 12.2. The van der Waals surface area contributed by atoms with E-state index in [1.807, 2.05) is 22.6 Å². The predicted molar refractivity (Wildman–Crippen MR) is 140 cm³/mol. The van der Waals surface area contributed by atoms with E-state index in [1.165, 1.54) is 48.8 Å². The summed E-state index contributed by atoms with van der Waals surface area (Å²) >= 11 is 14.2. The lowest BCUT2D eigenvalue weighted by molar-refractivity contribution is -0.142. The Bertz CT molecular complexity index is 1230. The number of carbonyl (C=O) groups excluding carboxylic acids is 1. The highest BCUT2D eigenvalue weighted by molar-refractivity contribution is 14.1. The van der Waals surface area contributed by atoms with Crippen LogP contribution in [0.2, 0.25) is 10.0 Å². The van der Waals surface area contributed by atoms with Crippen LogP contribution in [0.25, 0.3) is 0 Å². The van der Waals surface area contributed by atoms with E-state index >= 15 is 0 Å². The zero-order chi connectivity index (χ0) is 25.6. The maximum atomic E-state index is 14.2. The summed E-state index contributed by atoms with van der Waals surface area (Å²) in [7, 11) is 0. The summed E-state index contributed by atoms with van der Waals surface area (Å²) < 4.78 is 43.1. The van der Waals surface area contributed by atoms with Gasteiger partial charge in [0.25, 0.3) is 5.91 Å². The molecule has 6 rings (SSSR count). The van der Waals surface area contributed by atoms with E-state index in [1.54, 1.807) is 6.07 Å². The summed E-state index contributed by atoms with van der Waals surface area (Å²) in [5.74, 6) is -0.652. The molecule has 1 N–H and O–H groups in total. The summed E-state index contributed by atoms with van der Waals surface area (Å²) in [5.41, 5.74) is -4.07. The molecule has 3 aliphatic carbocycles. The maximum Gasteiger partial charge on any atom is 0.416 e. The number of carbonyl (C=O) groups is 1. The molecule has 0 saturated heterocycles. The molecule has 36 heavy (non-hydrogen) atoms. The van der Waals surface area contributed by atoms with Gasteiger partial charge in [-0.3, -0.25) is 9.69 Å². The molecule has 1 unspecified atom stereocenters. The van der Waals surface area contributed by atoms with Gasteiger partial charge in [0.15, 0.2) is 5.60 Å². The molecule has 3 saturated carbocycles. The second kappa shape index (κ2) is 8.73. The molecule has 192 valence electrons. The Hall–Kier alpha value is -1.07. The third kappa shape index (κ3) is 4.15. The fourth-order valence-corrected chi connectivity index (χ4v) is 7.18. The molecule has 4 nitrogen and oxygen atoms in total. The van der Waals surface area contributed by atoms with Crippen LogP contribution in [0.3, 0.4) is 0 Å². The first kappa shape index (κ1) is 25.2. The Morgan fingerprint density at radius 2 is 1.69 bits per heavy atom. The number of aliphatic hydroxyl groups is 1. The van der Waals surface area contributed by atoms with Crippen molar-refractivity contribution in [2.75, 3.05) is 11.4 Å². The zero-order valence-electron chi connectivity index (χ0n) is 19.2. The molecular weight excluding hydrogens is 627 g/mol. The predicted octanol–water partition coefficient (Wildman–Crippen LogP) is 6.60. The van der Waals surface area contributed by atoms with Crippen molar-refractivity contribution in [2.24, 2.45) is 5.92 Å². The Morgan fingerprint density at radius 3 is 2.25 bits per heavy atom. The van der Waals surface area contributed by atoms with Gasteiger partial charge in [-0.15, -0.1) is 0 Å². The molecule has 0 aromatic heterocycles. The second-order valence-electron chi connectivity index (χ2n) is 10.5. The highest BCUT2D eigenvalue weighted by atomic mass is 127. The van der Waals surface area contributed by atoms with Crippen LogP contribution in [-0.4, -0.2) is 40.6 Å². The fourth-order valence-electron chi connectivity index (χ4n) is 6.03. The van der Waals surface area contributed by atoms with Crippen molar-refractivity contribution < 1.29 is 23.1 Å². The van der Waals surface area contributed by atoms with Crippen molar-refractivity contribution in [3.05, 3.63) is 60.6 Å². The van der Waals surface area contributed by atoms with E-state index in [2.05, 4.69) is 4.90 Å². The van der Waals surface area contributed by atoms with Crippen LogP contribution in [0.1, 0.15) is 55.2 Å². The normalized spacial score (nSPS) is 28.0. The molecule has 1 amide bonds. The summed E-state index contributed by atoms with van der Waals surface area (Å²) in [6, 6.07) is 8.39. The topological polar surface area (TPSA) is 43.8 Å². The summed E-state index contributed by atoms with van der Waals surface area (Å²) in [6.07, 6.45) is 1.99. The summed E-state index contributed by atoms with van der Waals surface area (Å²) in [5, 5.41) is 12.0. The van der Waals surface area contributed by atoms with E-state index in [0.29, 0.717) is 21.7 Å². The van der Waals surface area contributed by atoms with E-state index in [0.717, 1.165) is 18.9 Å². The molecule has 0 spiro atoms. The largest absolute Gasteiger partial charge is 0.416 e. The van der Waals surface area contributed by atoms with E-state index in [9.17, 15) is 23.1 Å². The smallest absolute Gasteiger partial charge is 0.372 e. The number of hydrogen-bond donors (Lipinski definition) is 1. The number of nitrogens with zero attached hydrogens (tertiary/aromatic N) is 2. The number of benzene rings is 2. The van der Waals surface area contributed by atoms with Crippen LogP contribution < -0.4 is 4.90 Å². The molecule has 1 atom stereocenters. The van der Waals surface area contributed by atoms with Gasteiger partial charge in [0.1, 0.15) is 0 Å². The van der Waals surface area contributed by atoms with Crippen LogP contribution in [0, 0.1) is 9.49 Å². The molecule has 2 aromatic carbocycles. The molecule has 2 aromatic rings. The van der Waals surface area contributed by atoms with Gasteiger partial charge in [-0.1, -0.05) is 29.3 Å². The molecule has 1 aliphatic heterocycles. The number of rotatable bonds is 6. The van der Waals surface area contributed by atoms with E-state index in [-0.39, 0.29) is 33.8 Å². The lowest BCUT2D eigenvalue weighted by Gasteiger charge is -2.45. The van der Waals surface area contributed by atoms with Gasteiger partial charge in [-0.2, -0.15) is 13.2 Å². The van der Waals surface area contributed by atoms with Gasteiger partial charge in [-0.25, -0.2) is 0 Å². The monoisotopic (exact) mass is 650 g/mol. The minimum absolute atomic E-state index is 0.0639. The molecule has 4 aliphatic rings. The number of amides is 1. The van der Waals surface area contributed by atoms with E-state index in [4.69, 9.17) is 23.2 Å². The molecule has 0 radical (unpaired) electrons. The van der Waals surface area contributed by atoms with Crippen LogP contribution in [0.5, 0.6) is 0 Å². The maximum absolute atomic E-state index is 14.2. The Kier molecular flexibility index (Phi) is 6.11. The first-order valence-corrected chi connectivity index (χ1v) is 14.0. The third-order valence-corrected chi connectivity index (χ3v) is 9.10. The number of hydrogen-bond acceptors (Lipinski definition) is 3. The molecule has 10 heteroatoms. The number of alkyl halides is 3. The van der Waals surface area contributed by atoms with Gasteiger partial charge in [0.2, 0.25) is 0 Å². The second-order valence-corrected chi connectivity index (χ2v) is 12.6. The molecular formula is C26H24Cl2F3IN2O2. The first-order chi connectivity index (χ1) is 17.0. The quantitative estimate of drug-likeness (QED) is 0.358. The van der Waals surface area contributed by atoms with Crippen LogP contribution in [-0.2, 0) is 16.6 Å². The van der Waals surface area contributed by atoms with Gasteiger partial charge in [0.05, 0.1) is 11.3 Å². The molecule has 0 bridgehead atoms. The van der Waals surface area contributed by atoms with Crippen molar-refractivity contribution in [1.29, 1.82) is 0 Å². The average Bonchev–Trinajstić information content (AvgIpc) is 3.68. The van der Waals surface area contributed by atoms with Crippen LogP contribution in [0.15, 0.2) is 30.3 Å². The SMILES string of the molecule is O=C1N(CC2CC(N(C3CC3)C3CC3)C2)c2cc(I)cc(C(F)(F)F)c2C1(O)c1ccc(Cl)cc1Cl. The highest BCUT2D eigenvalue weighted by Crippen LogP contribution is 2.53. The molecule has 3 fully saturated rings. The summed E-state index contributed by atoms with van der Waals surface area (Å²) in [4.78, 5) is 17.8. The Balaban J connectivity index is 1.37. The van der Waals surface area contributed by atoms with E-state index < -0.39 is 28.8 Å². The minimum Gasteiger partial charge on any atom is -0.372 e. The number of halogens is 6.